The highest BCUT2D eigenvalue weighted by Crippen LogP contribution is 2.35. The number of nitrogens with one attached hydrogen (secondary N) is 1. The topological polar surface area (TPSA) is 75.7 Å². The largest absolute Gasteiger partial charge is 0.478 e. The van der Waals surface area contributed by atoms with E-state index in [-0.39, 0.29) is 18.9 Å². The Morgan fingerprint density at radius 3 is 2.70 bits per heavy atom. The summed E-state index contributed by atoms with van der Waals surface area (Å²) >= 11 is 0. The number of carbonyl (C=O) groups is 1. The van der Waals surface area contributed by atoms with Gasteiger partial charge in [0, 0.05) is 18.7 Å². The van der Waals surface area contributed by atoms with Crippen molar-refractivity contribution in [1.82, 2.24) is 0 Å². The maximum Gasteiger partial charge on any atom is 0.265 e. The first kappa shape index (κ1) is 19.2. The van der Waals surface area contributed by atoms with Gasteiger partial charge < -0.3 is 10.1 Å². The Balaban J connectivity index is 1.89. The second-order valence-corrected chi connectivity index (χ2v) is 8.61. The zero-order valence-corrected chi connectivity index (χ0v) is 16.5. The Labute approximate surface area is 160 Å². The van der Waals surface area contributed by atoms with Gasteiger partial charge in [0.1, 0.15) is 5.75 Å². The number of ether oxygens (including phenoxy) is 1. The van der Waals surface area contributed by atoms with Crippen LogP contribution in [0.5, 0.6) is 5.75 Å². The Morgan fingerprint density at radius 2 is 2.00 bits per heavy atom. The lowest BCUT2D eigenvalue weighted by Crippen LogP contribution is -2.36. The molecule has 6 nitrogen and oxygen atoms in total. The first-order valence-corrected chi connectivity index (χ1v) is 10.8. The summed E-state index contributed by atoms with van der Waals surface area (Å²) in [5, 5.41) is 2.92. The number of sulfonamides is 1. The molecule has 0 saturated carbocycles. The number of amides is 1. The number of fused-ring (bicyclic) bond motifs is 1. The second kappa shape index (κ2) is 7.60. The van der Waals surface area contributed by atoms with Crippen LogP contribution in [0.15, 0.2) is 42.5 Å². The molecule has 0 fully saturated rings. The number of hydrogen-bond acceptors (Lipinski definition) is 4. The first-order chi connectivity index (χ1) is 12.8. The van der Waals surface area contributed by atoms with Crippen LogP contribution in [0.3, 0.4) is 0 Å². The Hall–Kier alpha value is -2.54. The summed E-state index contributed by atoms with van der Waals surface area (Å²) in [6.07, 6.45) is 1.45. The highest BCUT2D eigenvalue weighted by molar-refractivity contribution is 7.92. The number of carbonyl (C=O) groups excluding carboxylic acids is 1. The molecule has 1 aliphatic heterocycles. The number of rotatable bonds is 4. The molecule has 27 heavy (non-hydrogen) atoms. The van der Waals surface area contributed by atoms with Crippen LogP contribution in [-0.2, 0) is 21.2 Å². The average Bonchev–Trinajstić information content (AvgIpc) is 2.81. The molecule has 2 aromatic carbocycles. The van der Waals surface area contributed by atoms with E-state index < -0.39 is 16.1 Å². The molecule has 1 heterocycles. The summed E-state index contributed by atoms with van der Waals surface area (Å²) < 4.78 is 31.7. The number of para-hydroxylation sites is 1. The van der Waals surface area contributed by atoms with Crippen LogP contribution in [-0.4, -0.2) is 33.2 Å². The zero-order chi connectivity index (χ0) is 19.6. The summed E-state index contributed by atoms with van der Waals surface area (Å²) in [6.45, 7) is 4.09. The lowest BCUT2D eigenvalue weighted by atomic mass is 10.1. The van der Waals surface area contributed by atoms with E-state index in [1.54, 1.807) is 12.1 Å². The monoisotopic (exact) mass is 388 g/mol. The molecule has 0 aliphatic carbocycles. The van der Waals surface area contributed by atoms with Crippen LogP contribution in [0.2, 0.25) is 0 Å². The van der Waals surface area contributed by atoms with Gasteiger partial charge in [-0.05, 0) is 42.7 Å². The summed E-state index contributed by atoms with van der Waals surface area (Å²) in [5.41, 5.74) is 3.18. The minimum Gasteiger partial charge on any atom is -0.478 e. The molecular formula is C20H24N2O4S. The maximum atomic E-state index is 12.8. The van der Waals surface area contributed by atoms with E-state index in [4.69, 9.17) is 4.74 Å². The molecule has 144 valence electrons. The minimum absolute atomic E-state index is 0.183. The second-order valence-electron chi connectivity index (χ2n) is 6.70. The number of aryl methyl sites for hydroxylation is 2. The normalized spacial score (nSPS) is 16.9. The van der Waals surface area contributed by atoms with Crippen molar-refractivity contribution in [2.24, 2.45) is 0 Å². The van der Waals surface area contributed by atoms with Crippen molar-refractivity contribution in [1.29, 1.82) is 0 Å². The fourth-order valence-corrected chi connectivity index (χ4v) is 4.12. The predicted octanol–water partition coefficient (Wildman–Crippen LogP) is 3.11. The zero-order valence-electron chi connectivity index (χ0n) is 15.7. The Kier molecular flexibility index (Phi) is 5.41. The SMILES string of the molecule is CCc1ccccc1NC(=O)C1CCN(S(C)(=O)=O)c2cc(C)ccc2O1. The molecule has 0 aromatic heterocycles. The third kappa shape index (κ3) is 4.24. The molecule has 0 saturated heterocycles. The quantitative estimate of drug-likeness (QED) is 0.873. The third-order valence-corrected chi connectivity index (χ3v) is 5.78. The number of nitrogens with zero attached hydrogens (tertiary/aromatic N) is 1. The van der Waals surface area contributed by atoms with Gasteiger partial charge >= 0.3 is 0 Å². The summed E-state index contributed by atoms with van der Waals surface area (Å²) in [7, 11) is -3.48. The lowest BCUT2D eigenvalue weighted by Gasteiger charge is -2.21. The van der Waals surface area contributed by atoms with Crippen LogP contribution in [0.1, 0.15) is 24.5 Å². The molecule has 0 bridgehead atoms. The van der Waals surface area contributed by atoms with Crippen molar-refractivity contribution >= 4 is 27.3 Å². The van der Waals surface area contributed by atoms with Crippen molar-refractivity contribution < 1.29 is 17.9 Å². The number of benzene rings is 2. The lowest BCUT2D eigenvalue weighted by molar-refractivity contribution is -0.122. The standard InChI is InChI=1S/C20H24N2O4S/c1-4-15-7-5-6-8-16(15)21-20(23)19-11-12-22(27(3,24)25)17-13-14(2)9-10-18(17)26-19/h5-10,13,19H,4,11-12H2,1-3H3,(H,21,23). The van der Waals surface area contributed by atoms with Gasteiger partial charge in [-0.2, -0.15) is 0 Å². The van der Waals surface area contributed by atoms with Crippen LogP contribution in [0, 0.1) is 6.92 Å². The van der Waals surface area contributed by atoms with Gasteiger partial charge in [0.2, 0.25) is 10.0 Å². The maximum absolute atomic E-state index is 12.8. The molecule has 7 heteroatoms. The van der Waals surface area contributed by atoms with Gasteiger partial charge in [0.05, 0.1) is 11.9 Å². The van der Waals surface area contributed by atoms with Gasteiger partial charge in [0.25, 0.3) is 5.91 Å². The molecule has 3 rings (SSSR count). The van der Waals surface area contributed by atoms with E-state index in [1.807, 2.05) is 44.2 Å². The van der Waals surface area contributed by atoms with Crippen molar-refractivity contribution in [3.63, 3.8) is 0 Å². The van der Waals surface area contributed by atoms with Gasteiger partial charge in [-0.3, -0.25) is 9.10 Å². The van der Waals surface area contributed by atoms with Crippen molar-refractivity contribution in [2.45, 2.75) is 32.8 Å². The van der Waals surface area contributed by atoms with E-state index in [0.717, 1.165) is 29.5 Å². The highest BCUT2D eigenvalue weighted by Gasteiger charge is 2.31. The van der Waals surface area contributed by atoms with Gasteiger partial charge in [0.15, 0.2) is 6.10 Å². The van der Waals surface area contributed by atoms with Crippen molar-refractivity contribution in [3.05, 3.63) is 53.6 Å². The molecule has 0 radical (unpaired) electrons. The summed E-state index contributed by atoms with van der Waals surface area (Å²) in [4.78, 5) is 12.8. The molecule has 1 N–H and O–H groups in total. The van der Waals surface area contributed by atoms with E-state index in [0.29, 0.717) is 11.4 Å². The Morgan fingerprint density at radius 1 is 1.26 bits per heavy atom. The molecule has 1 atom stereocenters. The molecular weight excluding hydrogens is 364 g/mol. The van der Waals surface area contributed by atoms with Gasteiger partial charge in [-0.1, -0.05) is 31.2 Å². The van der Waals surface area contributed by atoms with Crippen molar-refractivity contribution in [2.75, 3.05) is 22.4 Å². The highest BCUT2D eigenvalue weighted by atomic mass is 32.2. The van der Waals surface area contributed by atoms with Crippen LogP contribution >= 0.6 is 0 Å². The average molecular weight is 388 g/mol. The fourth-order valence-electron chi connectivity index (χ4n) is 3.18. The molecule has 1 amide bonds. The van der Waals surface area contributed by atoms with E-state index in [1.165, 1.54) is 4.31 Å². The van der Waals surface area contributed by atoms with Crippen LogP contribution < -0.4 is 14.4 Å². The molecule has 1 aliphatic rings. The van der Waals surface area contributed by atoms with Crippen LogP contribution in [0.25, 0.3) is 0 Å². The summed E-state index contributed by atoms with van der Waals surface area (Å²) in [6, 6.07) is 12.9. The van der Waals surface area contributed by atoms with Gasteiger partial charge in [-0.25, -0.2) is 8.42 Å². The van der Waals surface area contributed by atoms with Crippen LogP contribution in [0.4, 0.5) is 11.4 Å². The molecule has 2 aromatic rings. The Bertz CT molecular complexity index is 956. The minimum atomic E-state index is -3.48. The van der Waals surface area contributed by atoms with E-state index in [9.17, 15) is 13.2 Å². The predicted molar refractivity (Wildman–Crippen MR) is 107 cm³/mol. The first-order valence-electron chi connectivity index (χ1n) is 8.93. The molecule has 1 unspecified atom stereocenters. The van der Waals surface area contributed by atoms with Gasteiger partial charge in [-0.15, -0.1) is 0 Å². The fraction of sp³-hybridized carbons (Fsp3) is 0.350. The molecule has 0 spiro atoms. The van der Waals surface area contributed by atoms with E-state index in [2.05, 4.69) is 5.32 Å². The smallest absolute Gasteiger partial charge is 0.265 e. The number of hydrogen-bond donors (Lipinski definition) is 1. The van der Waals surface area contributed by atoms with E-state index >= 15 is 0 Å². The third-order valence-electron chi connectivity index (χ3n) is 4.60. The van der Waals surface area contributed by atoms with Crippen molar-refractivity contribution in [3.8, 4) is 5.75 Å². The number of anilines is 2. The summed E-state index contributed by atoms with van der Waals surface area (Å²) in [5.74, 6) is 0.116.